The molecule has 24 heavy (non-hydrogen) atoms. The van der Waals surface area contributed by atoms with E-state index < -0.39 is 11.9 Å². The number of nitrogens with one attached hydrogen (secondary N) is 1. The van der Waals surface area contributed by atoms with E-state index in [0.717, 1.165) is 5.39 Å². The molecule has 0 fully saturated rings. The summed E-state index contributed by atoms with van der Waals surface area (Å²) in [6, 6.07) is 10.8. The predicted molar refractivity (Wildman–Crippen MR) is 88.1 cm³/mol. The third-order valence-corrected chi connectivity index (χ3v) is 3.84. The minimum Gasteiger partial charge on any atom is -0.507 e. The lowest BCUT2D eigenvalue weighted by Gasteiger charge is -2.09. The van der Waals surface area contributed by atoms with Gasteiger partial charge in [0, 0.05) is 17.1 Å². The summed E-state index contributed by atoms with van der Waals surface area (Å²) < 4.78 is 9.46. The number of aromatic hydroxyl groups is 1. The molecular weight excluding hydrogens is 310 g/mol. The van der Waals surface area contributed by atoms with Crippen LogP contribution in [0.2, 0.25) is 0 Å². The Morgan fingerprint density at radius 1 is 1.00 bits per heavy atom. The average Bonchev–Trinajstić information content (AvgIpc) is 3.05. The highest BCUT2D eigenvalue weighted by molar-refractivity contribution is 6.09. The summed E-state index contributed by atoms with van der Waals surface area (Å²) in [5, 5.41) is 12.1. The SMILES string of the molecule is COC(=O)c1c[nH]c(-c2ccc3ccccc3c2O)c1C(=O)OC. The van der Waals surface area contributed by atoms with Crippen molar-refractivity contribution < 1.29 is 24.2 Å². The van der Waals surface area contributed by atoms with Crippen LogP contribution in [-0.2, 0) is 9.47 Å². The number of rotatable bonds is 3. The van der Waals surface area contributed by atoms with Gasteiger partial charge in [0.05, 0.1) is 31.0 Å². The zero-order chi connectivity index (χ0) is 17.3. The summed E-state index contributed by atoms with van der Waals surface area (Å²) in [7, 11) is 2.45. The number of carbonyl (C=O) groups excluding carboxylic acids is 2. The van der Waals surface area contributed by atoms with Crippen LogP contribution < -0.4 is 0 Å². The van der Waals surface area contributed by atoms with Gasteiger partial charge in [0.1, 0.15) is 5.75 Å². The smallest absolute Gasteiger partial charge is 0.340 e. The lowest BCUT2D eigenvalue weighted by atomic mass is 10.00. The van der Waals surface area contributed by atoms with Gasteiger partial charge < -0.3 is 19.6 Å². The molecule has 6 heteroatoms. The standard InChI is InChI=1S/C18H15NO5/c1-23-17(21)13-9-19-15(14(13)18(22)24-2)12-8-7-10-5-3-4-6-11(10)16(12)20/h3-9,19-20H,1-2H3. The fraction of sp³-hybridized carbons (Fsp3) is 0.111. The molecule has 3 rings (SSSR count). The van der Waals surface area contributed by atoms with Crippen LogP contribution >= 0.6 is 0 Å². The van der Waals surface area contributed by atoms with Crippen LogP contribution in [0.3, 0.4) is 0 Å². The molecule has 0 amide bonds. The maximum Gasteiger partial charge on any atom is 0.340 e. The number of methoxy groups -OCH3 is 2. The second-order valence-corrected chi connectivity index (χ2v) is 5.12. The molecule has 0 saturated carbocycles. The van der Waals surface area contributed by atoms with Gasteiger partial charge in [0.2, 0.25) is 0 Å². The molecule has 1 heterocycles. The highest BCUT2D eigenvalue weighted by atomic mass is 16.5. The van der Waals surface area contributed by atoms with Crippen LogP contribution in [0, 0.1) is 0 Å². The van der Waals surface area contributed by atoms with Crippen molar-refractivity contribution in [3.63, 3.8) is 0 Å². The van der Waals surface area contributed by atoms with E-state index >= 15 is 0 Å². The van der Waals surface area contributed by atoms with E-state index in [1.54, 1.807) is 12.1 Å². The molecule has 0 aliphatic carbocycles. The Kier molecular flexibility index (Phi) is 3.95. The third kappa shape index (κ3) is 2.38. The number of hydrogen-bond donors (Lipinski definition) is 2. The van der Waals surface area contributed by atoms with Crippen LogP contribution in [0.1, 0.15) is 20.7 Å². The van der Waals surface area contributed by atoms with Crippen LogP contribution in [0.4, 0.5) is 0 Å². The van der Waals surface area contributed by atoms with E-state index in [1.165, 1.54) is 20.4 Å². The molecule has 0 atom stereocenters. The molecule has 3 aromatic rings. The quantitative estimate of drug-likeness (QED) is 0.722. The van der Waals surface area contributed by atoms with Crippen molar-refractivity contribution in [1.29, 1.82) is 0 Å². The van der Waals surface area contributed by atoms with Crippen molar-refractivity contribution in [3.05, 3.63) is 53.7 Å². The third-order valence-electron chi connectivity index (χ3n) is 3.84. The number of hydrogen-bond acceptors (Lipinski definition) is 5. The fourth-order valence-electron chi connectivity index (χ4n) is 2.68. The summed E-state index contributed by atoms with van der Waals surface area (Å²) in [6.07, 6.45) is 1.36. The molecule has 2 N–H and O–H groups in total. The van der Waals surface area contributed by atoms with Gasteiger partial charge >= 0.3 is 11.9 Å². The van der Waals surface area contributed by atoms with E-state index in [-0.39, 0.29) is 16.9 Å². The van der Waals surface area contributed by atoms with E-state index in [2.05, 4.69) is 4.98 Å². The van der Waals surface area contributed by atoms with Gasteiger partial charge in [-0.1, -0.05) is 30.3 Å². The summed E-state index contributed by atoms with van der Waals surface area (Å²) in [5.74, 6) is -1.35. The van der Waals surface area contributed by atoms with E-state index in [0.29, 0.717) is 16.6 Å². The maximum absolute atomic E-state index is 12.2. The molecule has 0 aliphatic rings. The average molecular weight is 325 g/mol. The number of phenolic OH excluding ortho intramolecular Hbond substituents is 1. The van der Waals surface area contributed by atoms with Crippen LogP contribution in [0.15, 0.2) is 42.6 Å². The Labute approximate surface area is 137 Å². The van der Waals surface area contributed by atoms with Crippen LogP contribution in [-0.4, -0.2) is 36.2 Å². The normalized spacial score (nSPS) is 10.6. The van der Waals surface area contributed by atoms with Gasteiger partial charge in [0.15, 0.2) is 0 Å². The van der Waals surface area contributed by atoms with Crippen molar-refractivity contribution in [1.82, 2.24) is 4.98 Å². The fourth-order valence-corrected chi connectivity index (χ4v) is 2.68. The minimum absolute atomic E-state index is 0.0107. The van der Waals surface area contributed by atoms with E-state index in [4.69, 9.17) is 9.47 Å². The number of fused-ring (bicyclic) bond motifs is 1. The van der Waals surface area contributed by atoms with Crippen LogP contribution in [0.5, 0.6) is 5.75 Å². The molecule has 0 radical (unpaired) electrons. The monoisotopic (exact) mass is 325 g/mol. The van der Waals surface area contributed by atoms with Gasteiger partial charge in [0.25, 0.3) is 0 Å². The van der Waals surface area contributed by atoms with Gasteiger partial charge in [-0.25, -0.2) is 9.59 Å². The van der Waals surface area contributed by atoms with E-state index in [1.807, 2.05) is 24.3 Å². The number of aromatic amines is 1. The molecule has 0 saturated heterocycles. The lowest BCUT2D eigenvalue weighted by molar-refractivity contribution is 0.0557. The highest BCUT2D eigenvalue weighted by Gasteiger charge is 2.26. The molecule has 122 valence electrons. The van der Waals surface area contributed by atoms with Crippen molar-refractivity contribution in [2.24, 2.45) is 0 Å². The summed E-state index contributed by atoms with van der Waals surface area (Å²) >= 11 is 0. The first kappa shape index (κ1) is 15.6. The maximum atomic E-state index is 12.2. The van der Waals surface area contributed by atoms with Crippen molar-refractivity contribution in [2.75, 3.05) is 14.2 Å². The molecule has 0 aliphatic heterocycles. The number of phenols is 1. The Balaban J connectivity index is 2.27. The number of benzene rings is 2. The van der Waals surface area contributed by atoms with Gasteiger partial charge in [-0.15, -0.1) is 0 Å². The number of carbonyl (C=O) groups is 2. The van der Waals surface area contributed by atoms with E-state index in [9.17, 15) is 14.7 Å². The molecule has 0 unspecified atom stereocenters. The Hall–Kier alpha value is -3.28. The van der Waals surface area contributed by atoms with Gasteiger partial charge in [-0.3, -0.25) is 0 Å². The number of H-pyrrole nitrogens is 1. The minimum atomic E-state index is -0.695. The molecule has 0 spiro atoms. The zero-order valence-corrected chi connectivity index (χ0v) is 13.1. The second kappa shape index (κ2) is 6.08. The molecule has 0 bridgehead atoms. The van der Waals surface area contributed by atoms with Gasteiger partial charge in [-0.2, -0.15) is 0 Å². The highest BCUT2D eigenvalue weighted by Crippen LogP contribution is 2.37. The predicted octanol–water partition coefficient (Wildman–Crippen LogP) is 3.11. The first-order valence-corrected chi connectivity index (χ1v) is 7.17. The molecule has 2 aromatic carbocycles. The Morgan fingerprint density at radius 3 is 2.42 bits per heavy atom. The summed E-state index contributed by atoms with van der Waals surface area (Å²) in [6.45, 7) is 0. The van der Waals surface area contributed by atoms with Gasteiger partial charge in [-0.05, 0) is 11.5 Å². The summed E-state index contributed by atoms with van der Waals surface area (Å²) in [4.78, 5) is 26.9. The largest absolute Gasteiger partial charge is 0.507 e. The van der Waals surface area contributed by atoms with Crippen LogP contribution in [0.25, 0.3) is 22.0 Å². The van der Waals surface area contributed by atoms with Crippen molar-refractivity contribution in [2.45, 2.75) is 0 Å². The first-order valence-electron chi connectivity index (χ1n) is 7.17. The molecule has 6 nitrogen and oxygen atoms in total. The number of esters is 2. The first-order chi connectivity index (χ1) is 11.6. The number of ether oxygens (including phenoxy) is 2. The Bertz CT molecular complexity index is 942. The topological polar surface area (TPSA) is 88.6 Å². The van der Waals surface area contributed by atoms with Crippen molar-refractivity contribution >= 4 is 22.7 Å². The van der Waals surface area contributed by atoms with Crippen molar-refractivity contribution in [3.8, 4) is 17.0 Å². The summed E-state index contributed by atoms with van der Waals surface area (Å²) in [5.41, 5.74) is 0.761. The zero-order valence-electron chi connectivity index (χ0n) is 13.1. The Morgan fingerprint density at radius 2 is 1.71 bits per heavy atom. The number of aromatic nitrogens is 1. The molecule has 1 aromatic heterocycles. The second-order valence-electron chi connectivity index (χ2n) is 5.12. The lowest BCUT2D eigenvalue weighted by Crippen LogP contribution is -2.10. The molecular formula is C18H15NO5.